The van der Waals surface area contributed by atoms with E-state index < -0.39 is 21.0 Å². The minimum absolute atomic E-state index is 0.239. The van der Waals surface area contributed by atoms with Gasteiger partial charge in [0.1, 0.15) is 4.91 Å². The van der Waals surface area contributed by atoms with Gasteiger partial charge in [-0.3, -0.25) is 4.55 Å². The third-order valence-corrected chi connectivity index (χ3v) is 3.41. The molecule has 0 atom stereocenters. The number of hydrogen-bond donors (Lipinski definition) is 3. The van der Waals surface area contributed by atoms with Crippen molar-refractivity contribution in [2.75, 3.05) is 11.9 Å². The van der Waals surface area contributed by atoms with Gasteiger partial charge in [-0.05, 0) is 6.07 Å². The Kier molecular flexibility index (Phi) is 2.64. The fraction of sp³-hybridized carbons (Fsp3) is 0.100. The molecular formula is C10H9NO5S. The quantitative estimate of drug-likeness (QED) is 0.675. The number of anilines is 1. The molecule has 90 valence electrons. The second-order valence-corrected chi connectivity index (χ2v) is 4.92. The van der Waals surface area contributed by atoms with Crippen molar-refractivity contribution in [3.8, 4) is 0 Å². The third kappa shape index (κ3) is 2.02. The van der Waals surface area contributed by atoms with Crippen molar-refractivity contribution in [2.24, 2.45) is 0 Å². The molecule has 3 N–H and O–H groups in total. The molecule has 6 nitrogen and oxygen atoms in total. The smallest absolute Gasteiger partial charge is 0.337 e. The average Bonchev–Trinajstić information content (AvgIpc) is 2.26. The first-order chi connectivity index (χ1) is 7.91. The zero-order valence-corrected chi connectivity index (χ0v) is 9.36. The number of carboxylic acids is 1. The van der Waals surface area contributed by atoms with Crippen LogP contribution in [-0.4, -0.2) is 30.6 Å². The van der Waals surface area contributed by atoms with Crippen molar-refractivity contribution >= 4 is 27.3 Å². The number of para-hydroxylation sites is 1. The minimum atomic E-state index is -4.53. The molecule has 17 heavy (non-hydrogen) atoms. The highest BCUT2D eigenvalue weighted by Crippen LogP contribution is 2.32. The largest absolute Gasteiger partial charge is 0.478 e. The standard InChI is InChI=1S/C10H9NO5S/c12-10(13)9-6-3-1-2-4-7(6)11-5-8(9)17(14,15)16/h1-4,11H,5H2,(H,12,13)(H,14,15,16). The predicted octanol–water partition coefficient (Wildman–Crippen LogP) is 0.796. The van der Waals surface area contributed by atoms with Gasteiger partial charge in [0.25, 0.3) is 10.1 Å². The van der Waals surface area contributed by atoms with E-state index in [4.69, 9.17) is 9.66 Å². The lowest BCUT2D eigenvalue weighted by Gasteiger charge is -2.20. The molecule has 2 rings (SSSR count). The maximum Gasteiger partial charge on any atom is 0.337 e. The maximum atomic E-state index is 11.1. The Bertz CT molecular complexity index is 617. The van der Waals surface area contributed by atoms with Crippen LogP contribution in [0.3, 0.4) is 0 Å². The normalized spacial score (nSPS) is 15.1. The average molecular weight is 255 g/mol. The minimum Gasteiger partial charge on any atom is -0.478 e. The molecule has 0 aromatic heterocycles. The van der Waals surface area contributed by atoms with Crippen LogP contribution in [-0.2, 0) is 14.9 Å². The number of nitrogens with one attached hydrogen (secondary N) is 1. The first kappa shape index (κ1) is 11.6. The highest BCUT2D eigenvalue weighted by atomic mass is 32.2. The second kappa shape index (κ2) is 3.86. The highest BCUT2D eigenvalue weighted by Gasteiger charge is 2.30. The summed E-state index contributed by atoms with van der Waals surface area (Å²) in [4.78, 5) is 10.6. The summed E-state index contributed by atoms with van der Waals surface area (Å²) in [5.74, 6) is -1.38. The van der Waals surface area contributed by atoms with Gasteiger partial charge >= 0.3 is 5.97 Å². The van der Waals surface area contributed by atoms with Crippen LogP contribution in [0, 0.1) is 0 Å². The Morgan fingerprint density at radius 2 is 1.94 bits per heavy atom. The number of rotatable bonds is 2. The molecule has 0 radical (unpaired) electrons. The first-order valence-corrected chi connectivity index (χ1v) is 6.12. The van der Waals surface area contributed by atoms with Gasteiger partial charge in [-0.2, -0.15) is 8.42 Å². The van der Waals surface area contributed by atoms with Crippen LogP contribution in [0.2, 0.25) is 0 Å². The van der Waals surface area contributed by atoms with E-state index in [1.807, 2.05) is 0 Å². The molecule has 0 unspecified atom stereocenters. The Balaban J connectivity index is 2.76. The lowest BCUT2D eigenvalue weighted by atomic mass is 10.0. The predicted molar refractivity (Wildman–Crippen MR) is 61.0 cm³/mol. The number of carbonyl (C=O) groups is 1. The zero-order chi connectivity index (χ0) is 12.6. The van der Waals surface area contributed by atoms with E-state index in [0.717, 1.165) is 0 Å². The van der Waals surface area contributed by atoms with Crippen LogP contribution in [0.5, 0.6) is 0 Å². The molecule has 0 saturated heterocycles. The lowest BCUT2D eigenvalue weighted by molar-refractivity contribution is -0.130. The van der Waals surface area contributed by atoms with Gasteiger partial charge in [0.05, 0.1) is 12.1 Å². The van der Waals surface area contributed by atoms with Gasteiger partial charge in [-0.25, -0.2) is 4.79 Å². The summed E-state index contributed by atoms with van der Waals surface area (Å²) in [6.45, 7) is -0.239. The Hall–Kier alpha value is -1.86. The van der Waals surface area contributed by atoms with Crippen LogP contribution in [0.4, 0.5) is 5.69 Å². The number of fused-ring (bicyclic) bond motifs is 1. The number of benzene rings is 1. The third-order valence-electron chi connectivity index (χ3n) is 2.44. The molecule has 0 saturated carbocycles. The van der Waals surface area contributed by atoms with Gasteiger partial charge in [0, 0.05) is 11.3 Å². The molecule has 1 aromatic carbocycles. The summed E-state index contributed by atoms with van der Waals surface area (Å²) in [7, 11) is -4.53. The monoisotopic (exact) mass is 255 g/mol. The topological polar surface area (TPSA) is 104 Å². The molecule has 7 heteroatoms. The molecule has 0 aliphatic carbocycles. The van der Waals surface area contributed by atoms with Gasteiger partial charge in [0.15, 0.2) is 0 Å². The van der Waals surface area contributed by atoms with Crippen molar-refractivity contribution in [3.63, 3.8) is 0 Å². The van der Waals surface area contributed by atoms with E-state index in [2.05, 4.69) is 5.32 Å². The highest BCUT2D eigenvalue weighted by molar-refractivity contribution is 7.90. The summed E-state index contributed by atoms with van der Waals surface area (Å²) in [6, 6.07) is 6.41. The summed E-state index contributed by atoms with van der Waals surface area (Å²) in [5, 5.41) is 11.8. The van der Waals surface area contributed by atoms with Crippen LogP contribution in [0.25, 0.3) is 5.57 Å². The van der Waals surface area contributed by atoms with E-state index in [1.165, 1.54) is 6.07 Å². The molecule has 0 amide bonds. The molecule has 0 bridgehead atoms. The zero-order valence-electron chi connectivity index (χ0n) is 8.54. The van der Waals surface area contributed by atoms with Crippen LogP contribution < -0.4 is 5.32 Å². The van der Waals surface area contributed by atoms with E-state index in [9.17, 15) is 13.2 Å². The van der Waals surface area contributed by atoms with Crippen molar-refractivity contribution in [3.05, 3.63) is 34.7 Å². The summed E-state index contributed by atoms with van der Waals surface area (Å²) in [6.07, 6.45) is 0. The number of aliphatic carboxylic acids is 1. The van der Waals surface area contributed by atoms with E-state index in [-0.39, 0.29) is 17.7 Å². The number of hydrogen-bond acceptors (Lipinski definition) is 4. The van der Waals surface area contributed by atoms with E-state index >= 15 is 0 Å². The SMILES string of the molecule is O=C(O)C1=C(S(=O)(=O)O)CNc2ccccc21. The van der Waals surface area contributed by atoms with Gasteiger partial charge in [-0.15, -0.1) is 0 Å². The fourth-order valence-electron chi connectivity index (χ4n) is 1.72. The molecule has 1 aromatic rings. The van der Waals surface area contributed by atoms with Gasteiger partial charge in [0.2, 0.25) is 0 Å². The second-order valence-electron chi connectivity index (χ2n) is 3.48. The van der Waals surface area contributed by atoms with E-state index in [0.29, 0.717) is 5.69 Å². The summed E-state index contributed by atoms with van der Waals surface area (Å²) in [5.41, 5.74) is 0.387. The molecule has 0 spiro atoms. The Morgan fingerprint density at radius 1 is 1.29 bits per heavy atom. The van der Waals surface area contributed by atoms with Crippen LogP contribution in [0.15, 0.2) is 29.2 Å². The molecular weight excluding hydrogens is 246 g/mol. The molecule has 1 aliphatic heterocycles. The lowest BCUT2D eigenvalue weighted by Crippen LogP contribution is -2.23. The molecule has 1 aliphatic rings. The van der Waals surface area contributed by atoms with Crippen molar-refractivity contribution < 1.29 is 22.9 Å². The molecule has 1 heterocycles. The summed E-state index contributed by atoms with van der Waals surface area (Å²) >= 11 is 0. The first-order valence-electron chi connectivity index (χ1n) is 4.68. The van der Waals surface area contributed by atoms with Crippen LogP contribution >= 0.6 is 0 Å². The van der Waals surface area contributed by atoms with Crippen molar-refractivity contribution in [1.29, 1.82) is 0 Å². The Labute approximate surface area is 97.3 Å². The van der Waals surface area contributed by atoms with Crippen molar-refractivity contribution in [2.45, 2.75) is 0 Å². The molecule has 0 fully saturated rings. The summed E-state index contributed by atoms with van der Waals surface area (Å²) < 4.78 is 31.2. The Morgan fingerprint density at radius 3 is 2.53 bits per heavy atom. The van der Waals surface area contributed by atoms with Gasteiger partial charge in [-0.1, -0.05) is 18.2 Å². The van der Waals surface area contributed by atoms with Crippen molar-refractivity contribution in [1.82, 2.24) is 0 Å². The van der Waals surface area contributed by atoms with Gasteiger partial charge < -0.3 is 10.4 Å². The van der Waals surface area contributed by atoms with E-state index in [1.54, 1.807) is 18.2 Å². The van der Waals surface area contributed by atoms with Crippen LogP contribution in [0.1, 0.15) is 5.56 Å². The fourth-order valence-corrected chi connectivity index (χ4v) is 2.43. The number of carboxylic acid groups (broad SMARTS) is 1. The maximum absolute atomic E-state index is 11.1.